The number of hydrogen-bond acceptors (Lipinski definition) is 3. The van der Waals surface area contributed by atoms with Gasteiger partial charge in [-0.15, -0.1) is 11.3 Å². The Morgan fingerprint density at radius 2 is 1.66 bits per heavy atom. The van der Waals surface area contributed by atoms with E-state index in [9.17, 15) is 4.79 Å². The molecule has 32 heavy (non-hydrogen) atoms. The largest absolute Gasteiger partial charge is 0.449 e. The van der Waals surface area contributed by atoms with E-state index < -0.39 is 0 Å². The number of ether oxygens (including phenoxy) is 1. The minimum absolute atomic E-state index is 0.256. The minimum atomic E-state index is -0.256. The monoisotopic (exact) mass is 445 g/mol. The van der Waals surface area contributed by atoms with E-state index in [1.807, 2.05) is 36.1 Å². The van der Waals surface area contributed by atoms with Crippen LogP contribution in [0.15, 0.2) is 72.8 Å². The first kappa shape index (κ1) is 22.3. The Kier molecular flexibility index (Phi) is 7.78. The van der Waals surface area contributed by atoms with E-state index in [-0.39, 0.29) is 6.09 Å². The molecule has 4 heteroatoms. The molecule has 0 unspecified atom stereocenters. The van der Waals surface area contributed by atoms with Gasteiger partial charge in [0.05, 0.1) is 12.3 Å². The van der Waals surface area contributed by atoms with E-state index in [2.05, 4.69) is 54.6 Å². The quantitative estimate of drug-likeness (QED) is 0.369. The van der Waals surface area contributed by atoms with Crippen LogP contribution in [0.4, 0.5) is 4.79 Å². The number of amides is 1. The zero-order chi connectivity index (χ0) is 22.2. The molecule has 0 N–H and O–H groups in total. The number of thiophene rings is 1. The van der Waals surface area contributed by atoms with Gasteiger partial charge in [0, 0.05) is 16.3 Å². The molecule has 2 aromatic carbocycles. The first-order valence-corrected chi connectivity index (χ1v) is 12.4. The number of benzene rings is 2. The minimum Gasteiger partial charge on any atom is -0.449 e. The zero-order valence-corrected chi connectivity index (χ0v) is 19.5. The molecule has 0 radical (unpaired) electrons. The van der Waals surface area contributed by atoms with Crippen molar-refractivity contribution in [1.82, 2.24) is 4.90 Å². The molecule has 1 aliphatic carbocycles. The van der Waals surface area contributed by atoms with Crippen molar-refractivity contribution < 1.29 is 9.53 Å². The summed E-state index contributed by atoms with van der Waals surface area (Å²) in [5, 5.41) is 0. The highest BCUT2D eigenvalue weighted by molar-refractivity contribution is 7.16. The van der Waals surface area contributed by atoms with Gasteiger partial charge in [-0.2, -0.15) is 0 Å². The van der Waals surface area contributed by atoms with E-state index in [1.165, 1.54) is 42.5 Å². The summed E-state index contributed by atoms with van der Waals surface area (Å²) in [5.74, 6) is 0.517. The molecule has 1 amide bonds. The first-order chi connectivity index (χ1) is 15.7. The molecule has 0 atom stereocenters. The molecule has 0 bridgehead atoms. The Hall–Kier alpha value is -2.85. The highest BCUT2D eigenvalue weighted by Gasteiger charge is 2.26. The van der Waals surface area contributed by atoms with Crippen LogP contribution in [0.1, 0.15) is 49.5 Å². The van der Waals surface area contributed by atoms with Gasteiger partial charge in [-0.1, -0.05) is 79.9 Å². The fraction of sp³-hybridized carbons (Fsp3) is 0.321. The van der Waals surface area contributed by atoms with Crippen LogP contribution in [-0.2, 0) is 4.74 Å². The van der Waals surface area contributed by atoms with E-state index in [1.54, 1.807) is 11.3 Å². The van der Waals surface area contributed by atoms with Gasteiger partial charge < -0.3 is 4.74 Å². The summed E-state index contributed by atoms with van der Waals surface area (Å²) in [5.41, 5.74) is 3.16. The smallest absolute Gasteiger partial charge is 0.414 e. The second-order valence-electron chi connectivity index (χ2n) is 8.28. The Labute approximate surface area is 195 Å². The van der Waals surface area contributed by atoms with E-state index in [0.29, 0.717) is 19.1 Å². The summed E-state index contributed by atoms with van der Waals surface area (Å²) in [7, 11) is 0. The lowest BCUT2D eigenvalue weighted by Crippen LogP contribution is -2.35. The van der Waals surface area contributed by atoms with Crippen LogP contribution in [0.5, 0.6) is 0 Å². The van der Waals surface area contributed by atoms with E-state index >= 15 is 0 Å². The molecule has 1 heterocycles. The maximum atomic E-state index is 13.1. The van der Waals surface area contributed by atoms with Crippen LogP contribution >= 0.6 is 11.3 Å². The molecule has 166 valence electrons. The maximum absolute atomic E-state index is 13.1. The van der Waals surface area contributed by atoms with Crippen LogP contribution in [0.25, 0.3) is 22.2 Å². The predicted octanol–water partition coefficient (Wildman–Crippen LogP) is 7.95. The van der Waals surface area contributed by atoms with Crippen LogP contribution < -0.4 is 0 Å². The Bertz CT molecular complexity index is 1020. The second-order valence-corrected chi connectivity index (χ2v) is 9.39. The van der Waals surface area contributed by atoms with Gasteiger partial charge in [0.25, 0.3) is 0 Å². The van der Waals surface area contributed by atoms with Crippen LogP contribution in [0, 0.1) is 5.92 Å². The van der Waals surface area contributed by atoms with Crippen LogP contribution in [-0.4, -0.2) is 24.1 Å². The van der Waals surface area contributed by atoms with Crippen molar-refractivity contribution in [3.05, 3.63) is 83.2 Å². The second kappa shape index (κ2) is 11.1. The number of carbonyl (C=O) groups excluding carboxylic acids is 1. The predicted molar refractivity (Wildman–Crippen MR) is 134 cm³/mol. The van der Waals surface area contributed by atoms with Crippen LogP contribution in [0.2, 0.25) is 0 Å². The Morgan fingerprint density at radius 3 is 2.34 bits per heavy atom. The average Bonchev–Trinajstić information content (AvgIpc) is 3.32. The highest BCUT2D eigenvalue weighted by Crippen LogP contribution is 2.33. The number of hydrogen-bond donors (Lipinski definition) is 0. The molecule has 0 saturated heterocycles. The topological polar surface area (TPSA) is 29.5 Å². The molecule has 3 nitrogen and oxygen atoms in total. The molecule has 0 spiro atoms. The number of rotatable bonds is 7. The van der Waals surface area contributed by atoms with Gasteiger partial charge in [-0.3, -0.25) is 4.90 Å². The van der Waals surface area contributed by atoms with E-state index in [4.69, 9.17) is 4.74 Å². The molecule has 0 aliphatic heterocycles. The average molecular weight is 446 g/mol. The molecule has 1 fully saturated rings. The summed E-state index contributed by atoms with van der Waals surface area (Å²) in [6.07, 6.45) is 8.03. The normalized spacial score (nSPS) is 14.8. The van der Waals surface area contributed by atoms with Gasteiger partial charge in [-0.05, 0) is 55.0 Å². The first-order valence-electron chi connectivity index (χ1n) is 11.6. The van der Waals surface area contributed by atoms with Crippen molar-refractivity contribution >= 4 is 29.2 Å². The van der Waals surface area contributed by atoms with Crippen molar-refractivity contribution in [1.29, 1.82) is 0 Å². The molecule has 1 aliphatic rings. The summed E-state index contributed by atoms with van der Waals surface area (Å²) >= 11 is 1.74. The van der Waals surface area contributed by atoms with Crippen molar-refractivity contribution in [3.63, 3.8) is 0 Å². The third-order valence-corrected chi connectivity index (χ3v) is 7.06. The van der Waals surface area contributed by atoms with Gasteiger partial charge in [0.15, 0.2) is 0 Å². The molecule has 3 aromatic rings. The van der Waals surface area contributed by atoms with Gasteiger partial charge >= 0.3 is 6.09 Å². The van der Waals surface area contributed by atoms with Crippen molar-refractivity contribution in [2.24, 2.45) is 5.92 Å². The SMILES string of the molecule is CCOC(=O)N(CC1CCCCC1)C(=Cc1ccc(-c2ccccc2)s1)c1ccccc1. The number of nitrogens with zero attached hydrogens (tertiary/aromatic N) is 1. The molecular weight excluding hydrogens is 414 g/mol. The highest BCUT2D eigenvalue weighted by atomic mass is 32.1. The van der Waals surface area contributed by atoms with Gasteiger partial charge in [-0.25, -0.2) is 4.79 Å². The lowest BCUT2D eigenvalue weighted by Gasteiger charge is -2.31. The molecule has 1 saturated carbocycles. The molecular formula is C28H31NO2S. The third-order valence-electron chi connectivity index (χ3n) is 5.98. The standard InChI is InChI=1S/C28H31NO2S/c1-2-31-28(30)29(21-22-12-6-3-7-13-22)26(23-14-8-4-9-15-23)20-25-18-19-27(32-25)24-16-10-5-11-17-24/h4-5,8-11,14-20,22H,2-3,6-7,12-13,21H2,1H3. The lowest BCUT2D eigenvalue weighted by atomic mass is 9.88. The Morgan fingerprint density at radius 1 is 0.969 bits per heavy atom. The fourth-order valence-electron chi connectivity index (χ4n) is 4.35. The third kappa shape index (κ3) is 5.68. The summed E-state index contributed by atoms with van der Waals surface area (Å²) in [6, 6.07) is 24.9. The van der Waals surface area contributed by atoms with Gasteiger partial charge in [0.2, 0.25) is 0 Å². The molecule has 4 rings (SSSR count). The maximum Gasteiger partial charge on any atom is 0.414 e. The van der Waals surface area contributed by atoms with Crippen molar-refractivity contribution in [2.45, 2.75) is 39.0 Å². The van der Waals surface area contributed by atoms with Crippen molar-refractivity contribution in [3.8, 4) is 10.4 Å². The summed E-state index contributed by atoms with van der Waals surface area (Å²) in [6.45, 7) is 2.95. The summed E-state index contributed by atoms with van der Waals surface area (Å²) < 4.78 is 5.51. The van der Waals surface area contributed by atoms with Gasteiger partial charge in [0.1, 0.15) is 0 Å². The summed E-state index contributed by atoms with van der Waals surface area (Å²) in [4.78, 5) is 17.3. The van der Waals surface area contributed by atoms with Crippen LogP contribution in [0.3, 0.4) is 0 Å². The lowest BCUT2D eigenvalue weighted by molar-refractivity contribution is 0.118. The van der Waals surface area contributed by atoms with E-state index in [0.717, 1.165) is 16.1 Å². The van der Waals surface area contributed by atoms with Crippen molar-refractivity contribution in [2.75, 3.05) is 13.2 Å². The fourth-order valence-corrected chi connectivity index (χ4v) is 5.30. The Balaban J connectivity index is 1.71. The molecule has 1 aromatic heterocycles. The number of carbonyl (C=O) groups is 1. The zero-order valence-electron chi connectivity index (χ0n) is 18.7.